The van der Waals surface area contributed by atoms with E-state index in [1.165, 1.54) is 19.3 Å². The average Bonchev–Trinajstić information content (AvgIpc) is 2.78. The molecule has 2 saturated heterocycles. The first kappa shape index (κ1) is 26.5. The Kier molecular flexibility index (Phi) is 7.52. The molecule has 2 aliphatic heterocycles. The Morgan fingerprint density at radius 1 is 0.917 bits per heavy atom. The molecule has 4 atom stereocenters. The van der Waals surface area contributed by atoms with Crippen LogP contribution < -0.4 is 0 Å². The van der Waals surface area contributed by atoms with Crippen molar-refractivity contribution in [1.29, 1.82) is 0 Å². The first-order valence-electron chi connectivity index (χ1n) is 14.8. The van der Waals surface area contributed by atoms with Crippen molar-refractivity contribution < 1.29 is 28.8 Å². The molecule has 2 heterocycles. The number of carboxylic acids is 1. The van der Waals surface area contributed by atoms with Crippen molar-refractivity contribution in [3.63, 3.8) is 0 Å². The number of ether oxygens (including phenoxy) is 4. The van der Waals surface area contributed by atoms with Gasteiger partial charge in [0.15, 0.2) is 0 Å². The van der Waals surface area contributed by atoms with Gasteiger partial charge < -0.3 is 24.1 Å². The summed E-state index contributed by atoms with van der Waals surface area (Å²) in [4.78, 5) is 12.3. The van der Waals surface area contributed by atoms with Gasteiger partial charge in [-0.1, -0.05) is 39.5 Å². The van der Waals surface area contributed by atoms with Crippen LogP contribution in [0.15, 0.2) is 11.3 Å². The molecule has 0 aromatic heterocycles. The Hall–Kier alpha value is -1.11. The summed E-state index contributed by atoms with van der Waals surface area (Å²) in [5.41, 5.74) is -0.393. The van der Waals surface area contributed by atoms with Crippen molar-refractivity contribution in [3.05, 3.63) is 11.3 Å². The lowest BCUT2D eigenvalue weighted by Gasteiger charge is -2.62. The third-order valence-corrected chi connectivity index (χ3v) is 10.2. The molecule has 6 nitrogen and oxygen atoms in total. The minimum absolute atomic E-state index is 0.105. The molecule has 0 amide bonds. The number of aliphatic carboxylic acids is 1. The molecule has 6 rings (SSSR count). The van der Waals surface area contributed by atoms with Crippen LogP contribution in [-0.4, -0.2) is 54.3 Å². The molecule has 4 aliphatic carbocycles. The second-order valence-corrected chi connectivity index (χ2v) is 13.0. The molecule has 6 aliphatic rings. The highest BCUT2D eigenvalue weighted by Crippen LogP contribution is 2.66. The molecule has 36 heavy (non-hydrogen) atoms. The molecule has 1 N–H and O–H groups in total. The lowest BCUT2D eigenvalue weighted by molar-refractivity contribution is -0.249. The largest absolute Gasteiger partial charge is 0.494 e. The van der Waals surface area contributed by atoms with Crippen molar-refractivity contribution in [2.24, 2.45) is 17.3 Å². The van der Waals surface area contributed by atoms with Gasteiger partial charge in [0.1, 0.15) is 18.0 Å². The summed E-state index contributed by atoms with van der Waals surface area (Å²) >= 11 is 0. The zero-order valence-corrected chi connectivity index (χ0v) is 22.9. The van der Waals surface area contributed by atoms with Crippen LogP contribution in [0.5, 0.6) is 0 Å². The van der Waals surface area contributed by atoms with Crippen LogP contribution in [0.3, 0.4) is 0 Å². The Morgan fingerprint density at radius 3 is 1.94 bits per heavy atom. The zero-order chi connectivity index (χ0) is 25.4. The van der Waals surface area contributed by atoms with Crippen molar-refractivity contribution in [2.45, 2.75) is 127 Å². The average molecular weight is 505 g/mol. The van der Waals surface area contributed by atoms with Crippen LogP contribution in [-0.2, 0) is 23.7 Å². The number of carbonyl (C=O) groups is 1. The van der Waals surface area contributed by atoms with E-state index >= 15 is 0 Å². The van der Waals surface area contributed by atoms with Gasteiger partial charge in [0, 0.05) is 18.3 Å². The predicted octanol–water partition coefficient (Wildman–Crippen LogP) is 6.42. The molecule has 204 valence electrons. The van der Waals surface area contributed by atoms with Gasteiger partial charge in [-0.25, -0.2) is 4.79 Å². The summed E-state index contributed by atoms with van der Waals surface area (Å²) in [6.07, 6.45) is 15.1. The number of carboxylic acid groups (broad SMARTS) is 1. The summed E-state index contributed by atoms with van der Waals surface area (Å²) in [5, 5.41) is 10.1. The zero-order valence-electron chi connectivity index (χ0n) is 22.9. The lowest BCUT2D eigenvalue weighted by Crippen LogP contribution is -2.60. The molecule has 4 bridgehead atoms. The third-order valence-electron chi connectivity index (χ3n) is 10.2. The van der Waals surface area contributed by atoms with Gasteiger partial charge in [0.2, 0.25) is 0 Å². The summed E-state index contributed by atoms with van der Waals surface area (Å²) < 4.78 is 25.7. The first-order valence-corrected chi connectivity index (χ1v) is 14.8. The minimum atomic E-state index is -0.866. The number of allylic oxidation sites excluding steroid dienone is 1. The molecule has 4 unspecified atom stereocenters. The number of rotatable bonds is 14. The third kappa shape index (κ3) is 4.99. The van der Waals surface area contributed by atoms with Crippen LogP contribution in [0.2, 0.25) is 0 Å². The predicted molar refractivity (Wildman–Crippen MR) is 138 cm³/mol. The maximum absolute atomic E-state index is 12.3. The fourth-order valence-electron chi connectivity index (χ4n) is 8.40. The van der Waals surface area contributed by atoms with E-state index < -0.39 is 5.97 Å². The lowest BCUT2D eigenvalue weighted by atomic mass is 9.47. The second kappa shape index (κ2) is 10.2. The fourth-order valence-corrected chi connectivity index (χ4v) is 8.40. The number of unbranched alkanes of at least 4 members (excludes halogenated alkanes) is 2. The van der Waals surface area contributed by atoms with Crippen molar-refractivity contribution in [3.8, 4) is 0 Å². The molecule has 0 spiro atoms. The molecule has 4 saturated carbocycles. The Morgan fingerprint density at radius 2 is 1.47 bits per heavy atom. The van der Waals surface area contributed by atoms with Crippen LogP contribution in [0.4, 0.5) is 0 Å². The standard InChI is InChI=1S/C30H48O6/c1-4-6-8-28(10-12-34-28)20-33-25(22(3)26(31)32)27-15-23-14-24(16-27)18-30(17-23,19-27)36-21-29(9-7-5-2)11-13-35-29/h23-24H,4-21H2,1-3H3,(H,31,32). The fraction of sp³-hybridized carbons (Fsp3) is 0.900. The number of hydrogen-bond donors (Lipinski definition) is 1. The molecule has 6 heteroatoms. The maximum atomic E-state index is 12.3. The van der Waals surface area contributed by atoms with Crippen molar-refractivity contribution in [1.82, 2.24) is 0 Å². The van der Waals surface area contributed by atoms with E-state index in [9.17, 15) is 9.90 Å². The van der Waals surface area contributed by atoms with Crippen LogP contribution >= 0.6 is 0 Å². The summed E-state index contributed by atoms with van der Waals surface area (Å²) in [5.74, 6) is 1.02. The summed E-state index contributed by atoms with van der Waals surface area (Å²) in [6.45, 7) is 8.93. The van der Waals surface area contributed by atoms with E-state index in [0.29, 0.717) is 30.6 Å². The van der Waals surface area contributed by atoms with Crippen molar-refractivity contribution in [2.75, 3.05) is 26.4 Å². The van der Waals surface area contributed by atoms with E-state index in [1.54, 1.807) is 6.92 Å². The van der Waals surface area contributed by atoms with Crippen LogP contribution in [0.25, 0.3) is 0 Å². The minimum Gasteiger partial charge on any atom is -0.494 e. The summed E-state index contributed by atoms with van der Waals surface area (Å²) in [7, 11) is 0. The Labute approximate surface area is 217 Å². The molecular weight excluding hydrogens is 456 g/mol. The molecule has 0 aromatic carbocycles. The van der Waals surface area contributed by atoms with Gasteiger partial charge >= 0.3 is 5.97 Å². The van der Waals surface area contributed by atoms with Gasteiger partial charge in [-0.15, -0.1) is 0 Å². The quantitative estimate of drug-likeness (QED) is 0.217. The topological polar surface area (TPSA) is 74.2 Å². The number of hydrogen-bond acceptors (Lipinski definition) is 5. The van der Waals surface area contributed by atoms with E-state index in [2.05, 4.69) is 13.8 Å². The van der Waals surface area contributed by atoms with E-state index in [0.717, 1.165) is 89.6 Å². The Balaban J connectivity index is 1.36. The molecule has 0 radical (unpaired) electrons. The van der Waals surface area contributed by atoms with Gasteiger partial charge in [0.05, 0.1) is 36.6 Å². The van der Waals surface area contributed by atoms with E-state index in [1.807, 2.05) is 0 Å². The molecular formula is C30H48O6. The Bertz CT molecular complexity index is 824. The second-order valence-electron chi connectivity index (χ2n) is 13.0. The van der Waals surface area contributed by atoms with E-state index in [4.69, 9.17) is 18.9 Å². The van der Waals surface area contributed by atoms with E-state index in [-0.39, 0.29) is 22.2 Å². The molecule has 0 aromatic rings. The normalized spacial score (nSPS) is 41.4. The maximum Gasteiger partial charge on any atom is 0.334 e. The van der Waals surface area contributed by atoms with Gasteiger partial charge in [-0.05, 0) is 70.1 Å². The summed E-state index contributed by atoms with van der Waals surface area (Å²) in [6, 6.07) is 0. The first-order chi connectivity index (χ1) is 17.3. The van der Waals surface area contributed by atoms with Gasteiger partial charge in [-0.3, -0.25) is 0 Å². The van der Waals surface area contributed by atoms with Crippen LogP contribution in [0.1, 0.15) is 111 Å². The highest BCUT2D eigenvalue weighted by molar-refractivity contribution is 5.86. The van der Waals surface area contributed by atoms with Gasteiger partial charge in [0.25, 0.3) is 0 Å². The monoisotopic (exact) mass is 504 g/mol. The van der Waals surface area contributed by atoms with Crippen LogP contribution in [0, 0.1) is 17.3 Å². The smallest absolute Gasteiger partial charge is 0.334 e. The SMILES string of the molecule is CCCCC1(COC(=C(C)C(=O)O)C23CC4CC(CC(OCC5(CCCC)CCO5)(C4)C2)C3)CCO1. The highest BCUT2D eigenvalue weighted by Gasteiger charge is 2.61. The molecule has 6 fully saturated rings. The van der Waals surface area contributed by atoms with Gasteiger partial charge in [-0.2, -0.15) is 0 Å². The highest BCUT2D eigenvalue weighted by atomic mass is 16.6. The van der Waals surface area contributed by atoms with Crippen molar-refractivity contribution >= 4 is 5.97 Å².